The summed E-state index contributed by atoms with van der Waals surface area (Å²) < 4.78 is 15.8. The normalized spacial score (nSPS) is 15.6. The molecule has 0 radical (unpaired) electrons. The number of nitrogens with zero attached hydrogens (tertiary/aromatic N) is 1. The number of alkyl carbamates (subject to hydrolysis) is 1. The molecule has 1 aromatic rings. The predicted molar refractivity (Wildman–Crippen MR) is 112 cm³/mol. The SMILES string of the molecule is COc1cc(N)c(Cl)cc1C(=O)OCCN1CCC(NC(=O)OC(C)(C)C)CC1. The number of esters is 1. The zero-order valence-corrected chi connectivity index (χ0v) is 18.2. The molecule has 8 nitrogen and oxygen atoms in total. The van der Waals surface area contributed by atoms with Crippen LogP contribution in [-0.2, 0) is 9.47 Å². The van der Waals surface area contributed by atoms with Crippen molar-refractivity contribution in [2.75, 3.05) is 39.1 Å². The van der Waals surface area contributed by atoms with Crippen molar-refractivity contribution in [3.05, 3.63) is 22.7 Å². The first-order valence-electron chi connectivity index (χ1n) is 9.61. The average molecular weight is 428 g/mol. The highest BCUT2D eigenvalue weighted by atomic mass is 35.5. The Labute approximate surface area is 176 Å². The maximum atomic E-state index is 12.3. The zero-order chi connectivity index (χ0) is 21.6. The predicted octanol–water partition coefficient (Wildman–Crippen LogP) is 3.08. The molecule has 1 heterocycles. The second kappa shape index (κ2) is 10.0. The van der Waals surface area contributed by atoms with E-state index in [1.807, 2.05) is 20.8 Å². The molecule has 1 fully saturated rings. The molecular weight excluding hydrogens is 398 g/mol. The van der Waals surface area contributed by atoms with Gasteiger partial charge in [0, 0.05) is 31.7 Å². The number of nitrogen functional groups attached to an aromatic ring is 1. The van der Waals surface area contributed by atoms with Crippen molar-refractivity contribution in [3.63, 3.8) is 0 Å². The van der Waals surface area contributed by atoms with Crippen molar-refractivity contribution >= 4 is 29.4 Å². The number of hydrogen-bond acceptors (Lipinski definition) is 7. The Morgan fingerprint density at radius 3 is 2.52 bits per heavy atom. The fourth-order valence-corrected chi connectivity index (χ4v) is 3.18. The van der Waals surface area contributed by atoms with Crippen LogP contribution in [0.1, 0.15) is 44.0 Å². The summed E-state index contributed by atoms with van der Waals surface area (Å²) in [6.07, 6.45) is 1.24. The lowest BCUT2D eigenvalue weighted by Gasteiger charge is -2.32. The van der Waals surface area contributed by atoms with Crippen LogP contribution in [0.3, 0.4) is 0 Å². The molecule has 1 amide bonds. The van der Waals surface area contributed by atoms with E-state index in [2.05, 4.69) is 10.2 Å². The smallest absolute Gasteiger partial charge is 0.407 e. The number of methoxy groups -OCH3 is 1. The molecule has 0 aromatic heterocycles. The van der Waals surface area contributed by atoms with E-state index in [4.69, 9.17) is 31.5 Å². The van der Waals surface area contributed by atoms with E-state index in [0.29, 0.717) is 18.0 Å². The van der Waals surface area contributed by atoms with Gasteiger partial charge < -0.3 is 25.3 Å². The van der Waals surface area contributed by atoms with Crippen LogP contribution < -0.4 is 15.8 Å². The fourth-order valence-electron chi connectivity index (χ4n) is 3.02. The Hall–Kier alpha value is -2.19. The lowest BCUT2D eigenvalue weighted by molar-refractivity contribution is 0.0405. The van der Waals surface area contributed by atoms with Gasteiger partial charge in [-0.3, -0.25) is 4.90 Å². The minimum Gasteiger partial charge on any atom is -0.496 e. The molecule has 29 heavy (non-hydrogen) atoms. The van der Waals surface area contributed by atoms with Gasteiger partial charge in [-0.2, -0.15) is 0 Å². The number of amides is 1. The monoisotopic (exact) mass is 427 g/mol. The van der Waals surface area contributed by atoms with Crippen LogP contribution in [-0.4, -0.2) is 62.0 Å². The number of carbonyl (C=O) groups excluding carboxylic acids is 2. The van der Waals surface area contributed by atoms with E-state index < -0.39 is 11.6 Å². The first-order valence-corrected chi connectivity index (χ1v) is 9.99. The van der Waals surface area contributed by atoms with Gasteiger partial charge in [-0.25, -0.2) is 9.59 Å². The lowest BCUT2D eigenvalue weighted by Crippen LogP contribution is -2.46. The highest BCUT2D eigenvalue weighted by molar-refractivity contribution is 6.33. The molecule has 0 atom stereocenters. The quantitative estimate of drug-likeness (QED) is 0.531. The number of nitrogens with two attached hydrogens (primary N) is 1. The largest absolute Gasteiger partial charge is 0.496 e. The molecule has 0 aliphatic carbocycles. The van der Waals surface area contributed by atoms with Gasteiger partial charge in [0.2, 0.25) is 0 Å². The summed E-state index contributed by atoms with van der Waals surface area (Å²) in [4.78, 5) is 26.4. The van der Waals surface area contributed by atoms with Crippen LogP contribution in [0, 0.1) is 0 Å². The number of piperidine rings is 1. The molecule has 9 heteroatoms. The number of hydrogen-bond donors (Lipinski definition) is 2. The minimum atomic E-state index is -0.509. The number of nitrogens with one attached hydrogen (secondary N) is 1. The second-order valence-corrected chi connectivity index (χ2v) is 8.38. The third-order valence-corrected chi connectivity index (χ3v) is 4.82. The summed E-state index contributed by atoms with van der Waals surface area (Å²) in [7, 11) is 1.45. The highest BCUT2D eigenvalue weighted by Gasteiger charge is 2.24. The van der Waals surface area contributed by atoms with E-state index >= 15 is 0 Å². The number of likely N-dealkylation sites (tertiary alicyclic amines) is 1. The van der Waals surface area contributed by atoms with Gasteiger partial charge in [0.25, 0.3) is 0 Å². The minimum absolute atomic E-state index is 0.0878. The Kier molecular flexibility index (Phi) is 7.98. The molecule has 162 valence electrons. The summed E-state index contributed by atoms with van der Waals surface area (Å²) in [5, 5.41) is 3.18. The van der Waals surface area contributed by atoms with Crippen molar-refractivity contribution in [2.24, 2.45) is 0 Å². The maximum absolute atomic E-state index is 12.3. The van der Waals surface area contributed by atoms with Crippen LogP contribution in [0.4, 0.5) is 10.5 Å². The van der Waals surface area contributed by atoms with E-state index in [1.165, 1.54) is 19.2 Å². The van der Waals surface area contributed by atoms with Gasteiger partial charge >= 0.3 is 12.1 Å². The third-order valence-electron chi connectivity index (χ3n) is 4.49. The Bertz CT molecular complexity index is 728. The van der Waals surface area contributed by atoms with E-state index in [9.17, 15) is 9.59 Å². The number of halogens is 1. The number of ether oxygens (including phenoxy) is 3. The van der Waals surface area contributed by atoms with Crippen LogP contribution in [0.2, 0.25) is 5.02 Å². The van der Waals surface area contributed by atoms with Gasteiger partial charge in [0.1, 0.15) is 23.5 Å². The van der Waals surface area contributed by atoms with Crippen molar-refractivity contribution in [3.8, 4) is 5.75 Å². The van der Waals surface area contributed by atoms with Crippen LogP contribution in [0.25, 0.3) is 0 Å². The van der Waals surface area contributed by atoms with E-state index in [1.54, 1.807) is 0 Å². The number of benzene rings is 1. The van der Waals surface area contributed by atoms with Gasteiger partial charge in [-0.1, -0.05) is 11.6 Å². The van der Waals surface area contributed by atoms with Gasteiger partial charge in [-0.15, -0.1) is 0 Å². The van der Waals surface area contributed by atoms with Crippen molar-refractivity contribution in [2.45, 2.75) is 45.3 Å². The van der Waals surface area contributed by atoms with E-state index in [0.717, 1.165) is 25.9 Å². The van der Waals surface area contributed by atoms with Crippen molar-refractivity contribution in [1.82, 2.24) is 10.2 Å². The number of rotatable bonds is 6. The molecule has 0 bridgehead atoms. The first kappa shape index (κ1) is 23.1. The van der Waals surface area contributed by atoms with Crippen molar-refractivity contribution in [1.29, 1.82) is 0 Å². The molecule has 1 aromatic carbocycles. The molecule has 2 rings (SSSR count). The van der Waals surface area contributed by atoms with Crippen LogP contribution >= 0.6 is 11.6 Å². The summed E-state index contributed by atoms with van der Waals surface area (Å²) in [6, 6.07) is 3.04. The molecule has 1 saturated heterocycles. The average Bonchev–Trinajstić information content (AvgIpc) is 2.63. The maximum Gasteiger partial charge on any atom is 0.407 e. The lowest BCUT2D eigenvalue weighted by atomic mass is 10.1. The van der Waals surface area contributed by atoms with Gasteiger partial charge in [0.05, 0.1) is 17.8 Å². The summed E-state index contributed by atoms with van der Waals surface area (Å²) in [6.45, 7) is 7.97. The Balaban J connectivity index is 1.74. The van der Waals surface area contributed by atoms with Gasteiger partial charge in [0.15, 0.2) is 0 Å². The van der Waals surface area contributed by atoms with Crippen LogP contribution in [0.5, 0.6) is 5.75 Å². The summed E-state index contributed by atoms with van der Waals surface area (Å²) in [5.41, 5.74) is 5.80. The molecule has 0 unspecified atom stereocenters. The Morgan fingerprint density at radius 1 is 1.28 bits per heavy atom. The number of carbonyl (C=O) groups is 2. The molecule has 1 aliphatic rings. The van der Waals surface area contributed by atoms with Crippen molar-refractivity contribution < 1.29 is 23.8 Å². The highest BCUT2D eigenvalue weighted by Crippen LogP contribution is 2.29. The third kappa shape index (κ3) is 7.29. The molecule has 0 saturated carbocycles. The summed E-state index contributed by atoms with van der Waals surface area (Å²) in [5.74, 6) is -0.184. The zero-order valence-electron chi connectivity index (χ0n) is 17.4. The fraction of sp³-hybridized carbons (Fsp3) is 0.600. The van der Waals surface area contributed by atoms with Gasteiger partial charge in [-0.05, 0) is 39.7 Å². The molecule has 1 aliphatic heterocycles. The topological polar surface area (TPSA) is 103 Å². The number of anilines is 1. The summed E-state index contributed by atoms with van der Waals surface area (Å²) >= 11 is 5.99. The second-order valence-electron chi connectivity index (χ2n) is 7.97. The molecule has 3 N–H and O–H groups in total. The first-order chi connectivity index (χ1) is 13.6. The Morgan fingerprint density at radius 2 is 1.93 bits per heavy atom. The molecular formula is C20H30ClN3O5. The van der Waals surface area contributed by atoms with Crippen LogP contribution in [0.15, 0.2) is 12.1 Å². The molecule has 0 spiro atoms. The standard InChI is InChI=1S/C20H30ClN3O5/c1-20(2,3)29-19(26)23-13-5-7-24(8-6-13)9-10-28-18(25)14-11-15(21)16(22)12-17(14)27-4/h11-13H,5-10,22H2,1-4H3,(H,23,26). The van der Waals surface area contributed by atoms with E-state index in [-0.39, 0.29) is 29.3 Å².